The first-order chi connectivity index (χ1) is 9.91. The number of hydrogen-bond donors (Lipinski definition) is 1. The summed E-state index contributed by atoms with van der Waals surface area (Å²) in [4.78, 5) is 38.3. The van der Waals surface area contributed by atoms with E-state index in [9.17, 15) is 14.4 Å². The summed E-state index contributed by atoms with van der Waals surface area (Å²) in [7, 11) is 3.27. The summed E-state index contributed by atoms with van der Waals surface area (Å²) in [6.45, 7) is 0.432. The summed E-state index contributed by atoms with van der Waals surface area (Å²) < 4.78 is 0. The predicted octanol–water partition coefficient (Wildman–Crippen LogP) is 1.08. The Hall–Kier alpha value is -2.37. The quantitative estimate of drug-likeness (QED) is 0.903. The van der Waals surface area contributed by atoms with Gasteiger partial charge >= 0.3 is 5.97 Å². The van der Waals surface area contributed by atoms with Gasteiger partial charge in [0.25, 0.3) is 11.8 Å². The van der Waals surface area contributed by atoms with E-state index in [0.29, 0.717) is 30.5 Å². The third-order valence-corrected chi connectivity index (χ3v) is 3.56. The smallest absolute Gasteiger partial charge is 0.326 e. The Kier molecular flexibility index (Phi) is 4.26. The zero-order chi connectivity index (χ0) is 15.6. The highest BCUT2D eigenvalue weighted by molar-refractivity contribution is 6.00. The van der Waals surface area contributed by atoms with E-state index < -0.39 is 12.0 Å². The number of nitrogens with zero attached hydrogens (tertiary/aromatic N) is 2. The molecule has 1 N–H and O–H groups in total. The molecule has 0 bridgehead atoms. The Balaban J connectivity index is 2.26. The van der Waals surface area contributed by atoms with Crippen molar-refractivity contribution in [3.05, 3.63) is 35.4 Å². The van der Waals surface area contributed by atoms with E-state index in [4.69, 9.17) is 5.11 Å². The molecule has 0 saturated carbocycles. The predicted molar refractivity (Wildman–Crippen MR) is 76.2 cm³/mol. The van der Waals surface area contributed by atoms with E-state index in [1.54, 1.807) is 32.3 Å². The van der Waals surface area contributed by atoms with Gasteiger partial charge in [-0.3, -0.25) is 9.59 Å². The van der Waals surface area contributed by atoms with Gasteiger partial charge in [0.05, 0.1) is 0 Å². The maximum atomic E-state index is 12.4. The Labute approximate surface area is 123 Å². The van der Waals surface area contributed by atoms with Crippen LogP contribution in [0, 0.1) is 0 Å². The van der Waals surface area contributed by atoms with Crippen LogP contribution in [0.3, 0.4) is 0 Å². The fourth-order valence-corrected chi connectivity index (χ4v) is 2.48. The molecule has 2 amide bonds. The minimum absolute atomic E-state index is 0.194. The molecule has 1 aliphatic heterocycles. The third kappa shape index (κ3) is 3.04. The Morgan fingerprint density at radius 2 is 1.90 bits per heavy atom. The molecular formula is C15H18N2O4. The van der Waals surface area contributed by atoms with E-state index in [-0.39, 0.29) is 11.8 Å². The van der Waals surface area contributed by atoms with Crippen LogP contribution in [0.4, 0.5) is 0 Å². The summed E-state index contributed by atoms with van der Waals surface area (Å²) in [5, 5.41) is 9.14. The van der Waals surface area contributed by atoms with Gasteiger partial charge in [-0.05, 0) is 31.0 Å². The number of rotatable bonds is 3. The van der Waals surface area contributed by atoms with Crippen molar-refractivity contribution in [2.45, 2.75) is 18.9 Å². The lowest BCUT2D eigenvalue weighted by atomic mass is 10.1. The second kappa shape index (κ2) is 5.95. The number of hydrogen-bond acceptors (Lipinski definition) is 3. The lowest BCUT2D eigenvalue weighted by molar-refractivity contribution is -0.141. The molecule has 21 heavy (non-hydrogen) atoms. The summed E-state index contributed by atoms with van der Waals surface area (Å²) in [6, 6.07) is 5.62. The molecule has 112 valence electrons. The standard InChI is InChI=1S/C15H18N2O4/c1-16(2)13(18)10-5-3-6-11(9-10)14(19)17-8-4-7-12(17)15(20)21/h3,5-6,9,12H,4,7-8H2,1-2H3,(H,20,21). The lowest BCUT2D eigenvalue weighted by Gasteiger charge is -2.21. The van der Waals surface area contributed by atoms with Crippen LogP contribution in [-0.4, -0.2) is 59.4 Å². The highest BCUT2D eigenvalue weighted by Crippen LogP contribution is 2.21. The maximum Gasteiger partial charge on any atom is 0.326 e. The number of carboxylic acid groups (broad SMARTS) is 1. The molecular weight excluding hydrogens is 272 g/mol. The number of benzene rings is 1. The molecule has 2 rings (SSSR count). The zero-order valence-corrected chi connectivity index (χ0v) is 12.1. The van der Waals surface area contributed by atoms with Crippen LogP contribution in [0.2, 0.25) is 0 Å². The van der Waals surface area contributed by atoms with Gasteiger partial charge in [-0.2, -0.15) is 0 Å². The molecule has 1 fully saturated rings. The number of carbonyl (C=O) groups is 3. The molecule has 1 unspecified atom stereocenters. The average Bonchev–Trinajstić information content (AvgIpc) is 2.95. The van der Waals surface area contributed by atoms with Gasteiger partial charge in [0.2, 0.25) is 0 Å². The summed E-state index contributed by atoms with van der Waals surface area (Å²) in [5.41, 5.74) is 0.757. The highest BCUT2D eigenvalue weighted by Gasteiger charge is 2.34. The largest absolute Gasteiger partial charge is 0.480 e. The van der Waals surface area contributed by atoms with Crippen molar-refractivity contribution in [2.24, 2.45) is 0 Å². The fourth-order valence-electron chi connectivity index (χ4n) is 2.48. The second-order valence-corrected chi connectivity index (χ2v) is 5.28. The van der Waals surface area contributed by atoms with Gasteiger partial charge in [-0.15, -0.1) is 0 Å². The molecule has 0 radical (unpaired) electrons. The summed E-state index contributed by atoms with van der Waals surface area (Å²) in [5.74, 6) is -1.52. The SMILES string of the molecule is CN(C)C(=O)c1cccc(C(=O)N2CCCC2C(=O)O)c1. The van der Waals surface area contributed by atoms with Gasteiger partial charge < -0.3 is 14.9 Å². The van der Waals surface area contributed by atoms with Gasteiger partial charge in [0.1, 0.15) is 6.04 Å². The van der Waals surface area contributed by atoms with Crippen LogP contribution in [0.15, 0.2) is 24.3 Å². The van der Waals surface area contributed by atoms with Gasteiger partial charge in [-0.1, -0.05) is 6.07 Å². The topological polar surface area (TPSA) is 77.9 Å². The van der Waals surface area contributed by atoms with Crippen molar-refractivity contribution in [2.75, 3.05) is 20.6 Å². The van der Waals surface area contributed by atoms with E-state index in [2.05, 4.69) is 0 Å². The molecule has 1 saturated heterocycles. The van der Waals surface area contributed by atoms with E-state index in [1.165, 1.54) is 15.9 Å². The molecule has 1 aromatic rings. The van der Waals surface area contributed by atoms with Crippen molar-refractivity contribution in [1.29, 1.82) is 0 Å². The molecule has 6 nitrogen and oxygen atoms in total. The van der Waals surface area contributed by atoms with Crippen molar-refractivity contribution >= 4 is 17.8 Å². The average molecular weight is 290 g/mol. The van der Waals surface area contributed by atoms with Crippen LogP contribution < -0.4 is 0 Å². The molecule has 1 atom stereocenters. The van der Waals surface area contributed by atoms with Gasteiger partial charge in [-0.25, -0.2) is 4.79 Å². The number of carboxylic acids is 1. The highest BCUT2D eigenvalue weighted by atomic mass is 16.4. The van der Waals surface area contributed by atoms with E-state index >= 15 is 0 Å². The molecule has 1 aliphatic rings. The van der Waals surface area contributed by atoms with Crippen molar-refractivity contribution in [3.63, 3.8) is 0 Å². The van der Waals surface area contributed by atoms with Crippen LogP contribution in [0.1, 0.15) is 33.6 Å². The first kappa shape index (κ1) is 15.0. The first-order valence-corrected chi connectivity index (χ1v) is 6.77. The Morgan fingerprint density at radius 3 is 2.52 bits per heavy atom. The normalized spacial score (nSPS) is 17.6. The molecule has 1 aromatic carbocycles. The first-order valence-electron chi connectivity index (χ1n) is 6.77. The van der Waals surface area contributed by atoms with Gasteiger partial charge in [0.15, 0.2) is 0 Å². The molecule has 6 heteroatoms. The monoisotopic (exact) mass is 290 g/mol. The molecule has 0 aromatic heterocycles. The van der Waals surface area contributed by atoms with Crippen molar-refractivity contribution in [1.82, 2.24) is 9.80 Å². The van der Waals surface area contributed by atoms with Crippen LogP contribution >= 0.6 is 0 Å². The van der Waals surface area contributed by atoms with Crippen LogP contribution in [-0.2, 0) is 4.79 Å². The lowest BCUT2D eigenvalue weighted by Crippen LogP contribution is -2.40. The number of likely N-dealkylation sites (tertiary alicyclic amines) is 1. The summed E-state index contributed by atoms with van der Waals surface area (Å²) >= 11 is 0. The molecule has 0 spiro atoms. The molecule has 0 aliphatic carbocycles. The number of carbonyl (C=O) groups excluding carboxylic acids is 2. The van der Waals surface area contributed by atoms with Crippen LogP contribution in [0.25, 0.3) is 0 Å². The van der Waals surface area contributed by atoms with E-state index in [1.807, 2.05) is 0 Å². The Bertz CT molecular complexity index is 583. The Morgan fingerprint density at radius 1 is 1.24 bits per heavy atom. The maximum absolute atomic E-state index is 12.4. The number of amides is 2. The second-order valence-electron chi connectivity index (χ2n) is 5.28. The van der Waals surface area contributed by atoms with Crippen molar-refractivity contribution < 1.29 is 19.5 Å². The zero-order valence-electron chi connectivity index (χ0n) is 12.1. The molecule has 1 heterocycles. The van der Waals surface area contributed by atoms with Crippen molar-refractivity contribution in [3.8, 4) is 0 Å². The number of aliphatic carboxylic acids is 1. The minimum Gasteiger partial charge on any atom is -0.480 e. The third-order valence-electron chi connectivity index (χ3n) is 3.56. The van der Waals surface area contributed by atoms with Gasteiger partial charge in [0, 0.05) is 31.8 Å². The fraction of sp³-hybridized carbons (Fsp3) is 0.400. The van der Waals surface area contributed by atoms with E-state index in [0.717, 1.165) is 0 Å². The van der Waals surface area contributed by atoms with Crippen LogP contribution in [0.5, 0.6) is 0 Å². The summed E-state index contributed by atoms with van der Waals surface area (Å²) in [6.07, 6.45) is 1.15. The minimum atomic E-state index is -0.985.